The van der Waals surface area contributed by atoms with E-state index in [0.29, 0.717) is 11.3 Å². The van der Waals surface area contributed by atoms with Gasteiger partial charge in [-0.3, -0.25) is 4.79 Å². The third-order valence-electron chi connectivity index (χ3n) is 3.63. The van der Waals surface area contributed by atoms with Crippen molar-refractivity contribution < 1.29 is 22.7 Å². The molecule has 0 aliphatic carbocycles. The first-order valence-electron chi connectivity index (χ1n) is 6.76. The second kappa shape index (κ2) is 5.53. The van der Waals surface area contributed by atoms with E-state index in [1.54, 1.807) is 24.3 Å². The predicted molar refractivity (Wildman–Crippen MR) is 75.2 cm³/mol. The van der Waals surface area contributed by atoms with E-state index in [4.69, 9.17) is 4.74 Å². The van der Waals surface area contributed by atoms with E-state index in [1.165, 1.54) is 12.0 Å². The lowest BCUT2D eigenvalue weighted by atomic mass is 10.0. The van der Waals surface area contributed by atoms with Crippen LogP contribution in [0.15, 0.2) is 36.5 Å². The summed E-state index contributed by atoms with van der Waals surface area (Å²) in [4.78, 5) is 20.9. The van der Waals surface area contributed by atoms with E-state index in [1.807, 2.05) is 0 Å². The summed E-state index contributed by atoms with van der Waals surface area (Å²) in [5.41, 5.74) is 0.254. The molecule has 0 radical (unpaired) electrons. The Kier molecular flexibility index (Phi) is 3.67. The monoisotopic (exact) mass is 323 g/mol. The Morgan fingerprint density at radius 1 is 1.30 bits per heavy atom. The van der Waals surface area contributed by atoms with Crippen molar-refractivity contribution in [1.82, 2.24) is 9.97 Å². The number of methoxy groups -OCH3 is 1. The number of esters is 1. The molecule has 8 heteroatoms. The lowest BCUT2D eigenvalue weighted by Gasteiger charge is -2.18. The van der Waals surface area contributed by atoms with Crippen LogP contribution in [0.25, 0.3) is 0 Å². The molecule has 0 unspecified atom stereocenters. The maximum absolute atomic E-state index is 12.8. The SMILES string of the molecule is COC(=O)[C@H]1CN(c2nccc(C(F)(F)F)n2)c2ccccc21. The van der Waals surface area contributed by atoms with Gasteiger partial charge in [0.05, 0.1) is 7.11 Å². The largest absolute Gasteiger partial charge is 0.468 e. The Hall–Kier alpha value is -2.64. The molecule has 1 aromatic heterocycles. The van der Waals surface area contributed by atoms with Crippen molar-refractivity contribution in [3.05, 3.63) is 47.8 Å². The van der Waals surface area contributed by atoms with Crippen molar-refractivity contribution in [3.8, 4) is 0 Å². The number of carbonyl (C=O) groups excluding carboxylic acids is 1. The van der Waals surface area contributed by atoms with Crippen molar-refractivity contribution in [1.29, 1.82) is 0 Å². The Morgan fingerprint density at radius 3 is 2.74 bits per heavy atom. The summed E-state index contributed by atoms with van der Waals surface area (Å²) in [6, 6.07) is 7.75. The summed E-state index contributed by atoms with van der Waals surface area (Å²) in [6.45, 7) is 0.132. The zero-order valence-electron chi connectivity index (χ0n) is 12.0. The van der Waals surface area contributed by atoms with E-state index in [2.05, 4.69) is 9.97 Å². The maximum Gasteiger partial charge on any atom is 0.433 e. The van der Waals surface area contributed by atoms with Gasteiger partial charge in [0.1, 0.15) is 11.6 Å². The third kappa shape index (κ3) is 2.71. The summed E-state index contributed by atoms with van der Waals surface area (Å²) in [5.74, 6) is -1.14. The Bertz CT molecular complexity index is 749. The quantitative estimate of drug-likeness (QED) is 0.796. The molecular formula is C15H12F3N3O2. The van der Waals surface area contributed by atoms with Crippen LogP contribution in [0, 0.1) is 0 Å². The number of nitrogens with zero attached hydrogens (tertiary/aromatic N) is 3. The summed E-state index contributed by atoms with van der Waals surface area (Å²) in [7, 11) is 1.27. The third-order valence-corrected chi connectivity index (χ3v) is 3.63. The summed E-state index contributed by atoms with van der Waals surface area (Å²) < 4.78 is 43.2. The highest BCUT2D eigenvalue weighted by Crippen LogP contribution is 2.40. The van der Waals surface area contributed by atoms with Crippen LogP contribution in [-0.2, 0) is 15.7 Å². The van der Waals surface area contributed by atoms with Crippen LogP contribution >= 0.6 is 0 Å². The van der Waals surface area contributed by atoms with Gasteiger partial charge in [0, 0.05) is 18.4 Å². The van der Waals surface area contributed by atoms with Crippen molar-refractivity contribution >= 4 is 17.6 Å². The van der Waals surface area contributed by atoms with Gasteiger partial charge >= 0.3 is 12.1 Å². The molecule has 23 heavy (non-hydrogen) atoms. The normalized spacial score (nSPS) is 17.0. The molecule has 2 aromatic rings. The zero-order chi connectivity index (χ0) is 16.6. The fourth-order valence-electron chi connectivity index (χ4n) is 2.58. The van der Waals surface area contributed by atoms with E-state index in [0.717, 1.165) is 12.3 Å². The minimum atomic E-state index is -4.56. The zero-order valence-corrected chi connectivity index (χ0v) is 12.0. The van der Waals surface area contributed by atoms with E-state index >= 15 is 0 Å². The van der Waals surface area contributed by atoms with Crippen LogP contribution < -0.4 is 4.90 Å². The van der Waals surface area contributed by atoms with Gasteiger partial charge in [0.2, 0.25) is 5.95 Å². The first kappa shape index (κ1) is 15.3. The number of hydrogen-bond donors (Lipinski definition) is 0. The highest BCUT2D eigenvalue weighted by molar-refractivity contribution is 5.86. The molecule has 0 saturated heterocycles. The van der Waals surface area contributed by atoms with Crippen molar-refractivity contribution in [3.63, 3.8) is 0 Å². The maximum atomic E-state index is 12.8. The van der Waals surface area contributed by atoms with E-state index in [-0.39, 0.29) is 12.5 Å². The lowest BCUT2D eigenvalue weighted by molar-refractivity contribution is -0.142. The number of hydrogen-bond acceptors (Lipinski definition) is 5. The number of fused-ring (bicyclic) bond motifs is 1. The topological polar surface area (TPSA) is 55.3 Å². The minimum Gasteiger partial charge on any atom is -0.468 e. The Labute approximate surface area is 129 Å². The molecule has 120 valence electrons. The highest BCUT2D eigenvalue weighted by Gasteiger charge is 2.38. The second-order valence-corrected chi connectivity index (χ2v) is 4.98. The second-order valence-electron chi connectivity index (χ2n) is 4.98. The van der Waals surface area contributed by atoms with Crippen LogP contribution in [0.2, 0.25) is 0 Å². The number of aromatic nitrogens is 2. The lowest BCUT2D eigenvalue weighted by Crippen LogP contribution is -2.23. The molecule has 3 rings (SSSR count). The molecule has 0 N–H and O–H groups in total. The number of halogens is 3. The summed E-state index contributed by atoms with van der Waals surface area (Å²) in [5, 5.41) is 0. The van der Waals surface area contributed by atoms with Crippen LogP contribution in [-0.4, -0.2) is 29.6 Å². The van der Waals surface area contributed by atoms with Crippen LogP contribution in [0.5, 0.6) is 0 Å². The van der Waals surface area contributed by atoms with Crippen molar-refractivity contribution in [2.45, 2.75) is 12.1 Å². The molecule has 1 aliphatic rings. The molecule has 1 aliphatic heterocycles. The van der Waals surface area contributed by atoms with Gasteiger partial charge in [-0.2, -0.15) is 13.2 Å². The van der Waals surface area contributed by atoms with Crippen LogP contribution in [0.3, 0.4) is 0 Å². The van der Waals surface area contributed by atoms with Gasteiger partial charge in [-0.15, -0.1) is 0 Å². The fourth-order valence-corrected chi connectivity index (χ4v) is 2.58. The minimum absolute atomic E-state index is 0.0984. The summed E-state index contributed by atoms with van der Waals surface area (Å²) in [6.07, 6.45) is -3.50. The number of ether oxygens (including phenoxy) is 1. The van der Waals surface area contributed by atoms with E-state index in [9.17, 15) is 18.0 Å². The van der Waals surface area contributed by atoms with Crippen molar-refractivity contribution in [2.75, 3.05) is 18.6 Å². The number of carbonyl (C=O) groups is 1. The smallest absolute Gasteiger partial charge is 0.433 e. The standard InChI is InChI=1S/C15H12F3N3O2/c1-23-13(22)10-8-21(11-5-3-2-4-9(10)11)14-19-7-6-12(20-14)15(16,17)18/h2-7,10H,8H2,1H3/t10-/m0/s1. The van der Waals surface area contributed by atoms with Gasteiger partial charge in [0.15, 0.2) is 0 Å². The van der Waals surface area contributed by atoms with Crippen LogP contribution in [0.4, 0.5) is 24.8 Å². The number of anilines is 2. The van der Waals surface area contributed by atoms with Gasteiger partial charge in [0.25, 0.3) is 0 Å². The Balaban J connectivity index is 2.03. The molecule has 0 amide bonds. The number of benzene rings is 1. The average molecular weight is 323 g/mol. The first-order chi connectivity index (χ1) is 10.9. The van der Waals surface area contributed by atoms with Crippen molar-refractivity contribution in [2.24, 2.45) is 0 Å². The molecule has 1 aromatic carbocycles. The molecule has 1 atom stereocenters. The molecule has 0 fully saturated rings. The highest BCUT2D eigenvalue weighted by atomic mass is 19.4. The molecule has 0 spiro atoms. The predicted octanol–water partition coefficient (Wildman–Crippen LogP) is 2.90. The molecule has 2 heterocycles. The number of rotatable bonds is 2. The Morgan fingerprint density at radius 2 is 2.04 bits per heavy atom. The van der Waals surface area contributed by atoms with E-state index < -0.39 is 23.8 Å². The fraction of sp³-hybridized carbons (Fsp3) is 0.267. The summed E-state index contributed by atoms with van der Waals surface area (Å²) >= 11 is 0. The van der Waals surface area contributed by atoms with Gasteiger partial charge in [-0.05, 0) is 17.7 Å². The first-order valence-corrected chi connectivity index (χ1v) is 6.76. The molecule has 5 nitrogen and oxygen atoms in total. The van der Waals surface area contributed by atoms with Gasteiger partial charge < -0.3 is 9.64 Å². The molecule has 0 bridgehead atoms. The van der Waals surface area contributed by atoms with Crippen LogP contribution in [0.1, 0.15) is 17.2 Å². The molecular weight excluding hydrogens is 311 g/mol. The van der Waals surface area contributed by atoms with Gasteiger partial charge in [-0.1, -0.05) is 18.2 Å². The van der Waals surface area contributed by atoms with Gasteiger partial charge in [-0.25, -0.2) is 9.97 Å². The average Bonchev–Trinajstić information content (AvgIpc) is 2.93. The molecule has 0 saturated carbocycles. The number of alkyl halides is 3. The number of para-hydroxylation sites is 1.